The van der Waals surface area contributed by atoms with Gasteiger partial charge in [0.1, 0.15) is 5.82 Å². The molecule has 1 aromatic rings. The molecule has 2 heterocycles. The van der Waals surface area contributed by atoms with Gasteiger partial charge in [0.25, 0.3) is 10.2 Å². The average molecular weight is 328 g/mol. The van der Waals surface area contributed by atoms with E-state index >= 15 is 0 Å². The Balaban J connectivity index is 2.07. The van der Waals surface area contributed by atoms with Crippen LogP contribution in [0, 0.1) is 0 Å². The molecule has 1 N–H and O–H groups in total. The minimum Gasteiger partial charge on any atom is -0.373 e. The van der Waals surface area contributed by atoms with Crippen LogP contribution >= 0.6 is 0 Å². The number of hydrogen-bond donors (Lipinski definition) is 1. The summed E-state index contributed by atoms with van der Waals surface area (Å²) >= 11 is 0. The SMILES string of the molecule is C[C@H]1CN(S(=O)(=O)NCc2cccnc2N(C)C)C[C@H](C)O1. The fourth-order valence-corrected chi connectivity index (χ4v) is 3.89. The lowest BCUT2D eigenvalue weighted by atomic mass is 10.2. The zero-order valence-corrected chi connectivity index (χ0v) is 14.3. The maximum Gasteiger partial charge on any atom is 0.279 e. The van der Waals surface area contributed by atoms with Gasteiger partial charge in [0.15, 0.2) is 0 Å². The summed E-state index contributed by atoms with van der Waals surface area (Å²) in [7, 11) is 0.228. The number of pyridine rings is 1. The summed E-state index contributed by atoms with van der Waals surface area (Å²) in [5, 5.41) is 0. The van der Waals surface area contributed by atoms with Gasteiger partial charge in [-0.05, 0) is 19.9 Å². The fourth-order valence-electron chi connectivity index (χ4n) is 2.56. The molecule has 0 spiro atoms. The second-order valence-corrected chi connectivity index (χ2v) is 7.54. The van der Waals surface area contributed by atoms with Crippen LogP contribution in [0.1, 0.15) is 19.4 Å². The first-order valence-corrected chi connectivity index (χ1v) is 8.75. The van der Waals surface area contributed by atoms with E-state index in [0.29, 0.717) is 13.1 Å². The summed E-state index contributed by atoms with van der Waals surface area (Å²) in [4.78, 5) is 6.14. The molecule has 124 valence electrons. The van der Waals surface area contributed by atoms with E-state index in [1.165, 1.54) is 4.31 Å². The predicted molar refractivity (Wildman–Crippen MR) is 85.9 cm³/mol. The van der Waals surface area contributed by atoms with Crippen molar-refractivity contribution in [1.29, 1.82) is 0 Å². The molecule has 0 aromatic carbocycles. The van der Waals surface area contributed by atoms with Crippen molar-refractivity contribution in [3.63, 3.8) is 0 Å². The summed E-state index contributed by atoms with van der Waals surface area (Å²) in [5.74, 6) is 0.758. The Labute approximate surface area is 132 Å². The molecule has 1 aliphatic heterocycles. The maximum atomic E-state index is 12.5. The maximum absolute atomic E-state index is 12.5. The molecule has 22 heavy (non-hydrogen) atoms. The molecular weight excluding hydrogens is 304 g/mol. The average Bonchev–Trinajstić information content (AvgIpc) is 2.44. The van der Waals surface area contributed by atoms with Crippen molar-refractivity contribution in [1.82, 2.24) is 14.0 Å². The van der Waals surface area contributed by atoms with Crippen LogP contribution in [-0.2, 0) is 21.5 Å². The molecule has 2 atom stereocenters. The number of rotatable bonds is 5. The van der Waals surface area contributed by atoms with Crippen LogP contribution in [0.15, 0.2) is 18.3 Å². The van der Waals surface area contributed by atoms with Gasteiger partial charge in [-0.25, -0.2) is 4.98 Å². The van der Waals surface area contributed by atoms with Gasteiger partial charge in [-0.3, -0.25) is 0 Å². The third-order valence-corrected chi connectivity index (χ3v) is 4.95. The summed E-state index contributed by atoms with van der Waals surface area (Å²) < 4.78 is 34.6. The van der Waals surface area contributed by atoms with Crippen molar-refractivity contribution in [2.75, 3.05) is 32.1 Å². The predicted octanol–water partition coefficient (Wildman–Crippen LogP) is 0.591. The van der Waals surface area contributed by atoms with Crippen LogP contribution in [-0.4, -0.2) is 57.1 Å². The summed E-state index contributed by atoms with van der Waals surface area (Å²) in [5.41, 5.74) is 0.838. The number of hydrogen-bond acceptors (Lipinski definition) is 5. The molecule has 0 amide bonds. The lowest BCUT2D eigenvalue weighted by molar-refractivity contribution is -0.0444. The van der Waals surface area contributed by atoms with E-state index in [4.69, 9.17) is 4.74 Å². The van der Waals surface area contributed by atoms with Gasteiger partial charge >= 0.3 is 0 Å². The van der Waals surface area contributed by atoms with Gasteiger partial charge in [-0.15, -0.1) is 0 Å². The van der Waals surface area contributed by atoms with E-state index in [-0.39, 0.29) is 18.8 Å². The van der Waals surface area contributed by atoms with Crippen LogP contribution < -0.4 is 9.62 Å². The van der Waals surface area contributed by atoms with E-state index < -0.39 is 10.2 Å². The van der Waals surface area contributed by atoms with Crippen LogP contribution in [0.2, 0.25) is 0 Å². The number of nitrogens with zero attached hydrogens (tertiary/aromatic N) is 3. The van der Waals surface area contributed by atoms with Gasteiger partial charge in [0.05, 0.1) is 12.2 Å². The Bertz CT molecular complexity index is 596. The topological polar surface area (TPSA) is 74.8 Å². The second kappa shape index (κ2) is 6.91. The van der Waals surface area contributed by atoms with E-state index in [9.17, 15) is 8.42 Å². The van der Waals surface area contributed by atoms with E-state index in [1.54, 1.807) is 12.3 Å². The van der Waals surface area contributed by atoms with Crippen LogP contribution in [0.3, 0.4) is 0 Å². The molecule has 8 heteroatoms. The second-order valence-electron chi connectivity index (χ2n) is 5.78. The minimum absolute atomic E-state index is 0.101. The molecule has 1 aromatic heterocycles. The molecule has 0 unspecified atom stereocenters. The molecule has 0 saturated carbocycles. The first-order valence-electron chi connectivity index (χ1n) is 7.31. The van der Waals surface area contributed by atoms with Crippen LogP contribution in [0.5, 0.6) is 0 Å². The summed E-state index contributed by atoms with van der Waals surface area (Å²) in [6.45, 7) is 4.71. The van der Waals surface area contributed by atoms with E-state index in [2.05, 4.69) is 9.71 Å². The molecule has 2 rings (SSSR count). The zero-order valence-electron chi connectivity index (χ0n) is 13.5. The number of ether oxygens (including phenoxy) is 1. The molecule has 1 fully saturated rings. The molecule has 0 radical (unpaired) electrons. The van der Waals surface area contributed by atoms with Gasteiger partial charge < -0.3 is 9.64 Å². The van der Waals surface area contributed by atoms with Crippen LogP contribution in [0.4, 0.5) is 5.82 Å². The quantitative estimate of drug-likeness (QED) is 0.856. The number of morpholine rings is 1. The standard InChI is InChI=1S/C14H24N4O3S/c1-11-9-18(10-12(2)21-11)22(19,20)16-8-13-6-5-7-15-14(13)17(3)4/h5-7,11-12,16H,8-10H2,1-4H3/t11-,12-/m0/s1. The zero-order chi connectivity index (χ0) is 16.3. The van der Waals surface area contributed by atoms with Gasteiger partial charge in [-0.1, -0.05) is 6.07 Å². The van der Waals surface area contributed by atoms with Gasteiger partial charge in [0.2, 0.25) is 0 Å². The molecule has 1 aliphatic rings. The minimum atomic E-state index is -3.53. The third-order valence-electron chi connectivity index (χ3n) is 3.46. The largest absolute Gasteiger partial charge is 0.373 e. The molecular formula is C14H24N4O3S. The lowest BCUT2D eigenvalue weighted by Crippen LogP contribution is -2.51. The summed E-state index contributed by atoms with van der Waals surface area (Å²) in [6, 6.07) is 3.67. The van der Waals surface area contributed by atoms with Crippen molar-refractivity contribution in [2.45, 2.75) is 32.6 Å². The summed E-state index contributed by atoms with van der Waals surface area (Å²) in [6.07, 6.45) is 1.49. The Hall–Kier alpha value is -1.22. The molecule has 0 bridgehead atoms. The Kier molecular flexibility index (Phi) is 5.38. The number of aromatic nitrogens is 1. The van der Waals surface area contributed by atoms with E-state index in [1.807, 2.05) is 38.9 Å². The number of nitrogens with one attached hydrogen (secondary N) is 1. The smallest absolute Gasteiger partial charge is 0.279 e. The molecule has 1 saturated heterocycles. The first-order chi connectivity index (χ1) is 10.3. The van der Waals surface area contributed by atoms with Crippen molar-refractivity contribution < 1.29 is 13.2 Å². The highest BCUT2D eigenvalue weighted by Gasteiger charge is 2.30. The monoisotopic (exact) mass is 328 g/mol. The van der Waals surface area contributed by atoms with Gasteiger partial charge in [0, 0.05) is 45.5 Å². The highest BCUT2D eigenvalue weighted by atomic mass is 32.2. The van der Waals surface area contributed by atoms with E-state index in [0.717, 1.165) is 11.4 Å². The van der Waals surface area contributed by atoms with Crippen molar-refractivity contribution in [2.24, 2.45) is 0 Å². The first kappa shape index (κ1) is 17.1. The van der Waals surface area contributed by atoms with Crippen molar-refractivity contribution in [3.05, 3.63) is 23.9 Å². The molecule has 0 aliphatic carbocycles. The number of anilines is 1. The highest BCUT2D eigenvalue weighted by Crippen LogP contribution is 2.16. The van der Waals surface area contributed by atoms with Crippen LogP contribution in [0.25, 0.3) is 0 Å². The van der Waals surface area contributed by atoms with Crippen molar-refractivity contribution >= 4 is 16.0 Å². The van der Waals surface area contributed by atoms with Gasteiger partial charge in [-0.2, -0.15) is 17.4 Å². The Morgan fingerprint density at radius 3 is 2.59 bits per heavy atom. The highest BCUT2D eigenvalue weighted by molar-refractivity contribution is 7.87. The fraction of sp³-hybridized carbons (Fsp3) is 0.643. The molecule has 7 nitrogen and oxygen atoms in total. The Morgan fingerprint density at radius 2 is 2.00 bits per heavy atom. The normalized spacial score (nSPS) is 23.5. The van der Waals surface area contributed by atoms with Crippen molar-refractivity contribution in [3.8, 4) is 0 Å². The third kappa shape index (κ3) is 4.16. The Morgan fingerprint density at radius 1 is 1.36 bits per heavy atom. The lowest BCUT2D eigenvalue weighted by Gasteiger charge is -2.34.